The second-order valence-electron chi connectivity index (χ2n) is 8.63. The van der Waals surface area contributed by atoms with Crippen LogP contribution in [0.3, 0.4) is 0 Å². The van der Waals surface area contributed by atoms with Gasteiger partial charge < -0.3 is 10.8 Å². The Hall–Kier alpha value is -0.570. The summed E-state index contributed by atoms with van der Waals surface area (Å²) in [6.45, 7) is 14.1. The third kappa shape index (κ3) is 3.71. The molecule has 0 aromatic heterocycles. The lowest BCUT2D eigenvalue weighted by Gasteiger charge is -2.39. The molecule has 0 aromatic rings. The van der Waals surface area contributed by atoms with Crippen LogP contribution >= 0.6 is 0 Å². The van der Waals surface area contributed by atoms with Gasteiger partial charge in [-0.05, 0) is 47.5 Å². The Morgan fingerprint density at radius 3 is 1.68 bits per heavy atom. The van der Waals surface area contributed by atoms with Gasteiger partial charge in [0.25, 0.3) is 0 Å². The van der Waals surface area contributed by atoms with Gasteiger partial charge in [-0.2, -0.15) is 0 Å². The summed E-state index contributed by atoms with van der Waals surface area (Å²) in [7, 11) is 0. The Labute approximate surface area is 118 Å². The van der Waals surface area contributed by atoms with Crippen molar-refractivity contribution < 1.29 is 9.90 Å². The highest BCUT2D eigenvalue weighted by Gasteiger charge is 2.52. The van der Waals surface area contributed by atoms with Crippen LogP contribution in [0.4, 0.5) is 0 Å². The molecule has 1 aliphatic carbocycles. The maximum atomic E-state index is 11.2. The van der Waals surface area contributed by atoms with Gasteiger partial charge in [-0.3, -0.25) is 4.79 Å². The van der Waals surface area contributed by atoms with Gasteiger partial charge in [-0.1, -0.05) is 41.5 Å². The summed E-state index contributed by atoms with van der Waals surface area (Å²) in [5.74, 6) is 0.360. The van der Waals surface area contributed by atoms with Crippen molar-refractivity contribution in [3.63, 3.8) is 0 Å². The number of aliphatic carboxylic acids is 1. The van der Waals surface area contributed by atoms with Gasteiger partial charge in [0, 0.05) is 0 Å². The van der Waals surface area contributed by atoms with Crippen LogP contribution in [0.2, 0.25) is 0 Å². The van der Waals surface area contributed by atoms with Gasteiger partial charge in [0.2, 0.25) is 0 Å². The minimum absolute atomic E-state index is 0.202. The molecule has 1 saturated carbocycles. The van der Waals surface area contributed by atoms with Gasteiger partial charge >= 0.3 is 5.97 Å². The Bertz CT molecular complexity index is 314. The quantitative estimate of drug-likeness (QED) is 0.824. The van der Waals surface area contributed by atoms with E-state index in [0.29, 0.717) is 18.4 Å². The zero-order valence-corrected chi connectivity index (χ0v) is 13.4. The topological polar surface area (TPSA) is 63.3 Å². The van der Waals surface area contributed by atoms with E-state index < -0.39 is 5.97 Å². The summed E-state index contributed by atoms with van der Waals surface area (Å²) < 4.78 is 0. The molecule has 3 N–H and O–H groups in total. The molecule has 0 heterocycles. The van der Waals surface area contributed by atoms with Crippen LogP contribution in [0.15, 0.2) is 0 Å². The number of carboxylic acid groups (broad SMARTS) is 1. The number of hydrogen-bond acceptors (Lipinski definition) is 2. The fourth-order valence-electron chi connectivity index (χ4n) is 3.82. The van der Waals surface area contributed by atoms with Crippen LogP contribution in [-0.4, -0.2) is 17.6 Å². The molecular formula is C16H31NO2. The summed E-state index contributed by atoms with van der Waals surface area (Å²) in [5.41, 5.74) is 6.16. The molecule has 1 aliphatic rings. The van der Waals surface area contributed by atoms with Crippen LogP contribution in [0, 0.1) is 28.1 Å². The minimum atomic E-state index is -0.715. The molecule has 3 nitrogen and oxygen atoms in total. The Kier molecular flexibility index (Phi) is 4.41. The van der Waals surface area contributed by atoms with Gasteiger partial charge in [0.15, 0.2) is 0 Å². The van der Waals surface area contributed by atoms with E-state index in [-0.39, 0.29) is 22.7 Å². The van der Waals surface area contributed by atoms with Crippen molar-refractivity contribution in [2.24, 2.45) is 33.8 Å². The van der Waals surface area contributed by atoms with Gasteiger partial charge in [0.1, 0.15) is 0 Å². The van der Waals surface area contributed by atoms with Gasteiger partial charge in [-0.25, -0.2) is 0 Å². The van der Waals surface area contributed by atoms with Gasteiger partial charge in [0.05, 0.1) is 6.42 Å². The predicted molar refractivity (Wildman–Crippen MR) is 78.9 cm³/mol. The lowest BCUT2D eigenvalue weighted by Crippen LogP contribution is -2.32. The number of rotatable bonds is 3. The molecule has 0 spiro atoms. The van der Waals surface area contributed by atoms with E-state index in [9.17, 15) is 9.90 Å². The number of carboxylic acids is 1. The molecule has 1 rings (SSSR count). The number of carbonyl (C=O) groups is 1. The Morgan fingerprint density at radius 1 is 1.11 bits per heavy atom. The molecule has 0 aromatic carbocycles. The standard InChI is InChI=1S/C16H31NO2/c1-14(2,3)11-7-16(10-17,9-13(18)19)8-12(11)15(4,5)6/h11-12H,7-10,17H2,1-6H3,(H,18,19)/t11-,12+,16+. The van der Waals surface area contributed by atoms with E-state index in [0.717, 1.165) is 12.8 Å². The van der Waals surface area contributed by atoms with Crippen molar-refractivity contribution in [2.45, 2.75) is 60.8 Å². The first-order valence-electron chi connectivity index (χ1n) is 7.33. The van der Waals surface area contributed by atoms with Crippen LogP contribution < -0.4 is 5.73 Å². The normalized spacial score (nSPS) is 32.6. The molecular weight excluding hydrogens is 238 g/mol. The van der Waals surface area contributed by atoms with Crippen molar-refractivity contribution in [1.82, 2.24) is 0 Å². The molecule has 0 unspecified atom stereocenters. The Balaban J connectivity index is 3.08. The van der Waals surface area contributed by atoms with E-state index in [2.05, 4.69) is 41.5 Å². The molecule has 0 bridgehead atoms. The van der Waals surface area contributed by atoms with E-state index in [1.54, 1.807) is 0 Å². The Morgan fingerprint density at radius 2 is 1.47 bits per heavy atom. The van der Waals surface area contributed by atoms with Crippen LogP contribution in [0.25, 0.3) is 0 Å². The van der Waals surface area contributed by atoms with Crippen molar-refractivity contribution >= 4 is 5.97 Å². The maximum absolute atomic E-state index is 11.2. The molecule has 0 aliphatic heterocycles. The fraction of sp³-hybridized carbons (Fsp3) is 0.938. The number of nitrogens with two attached hydrogens (primary N) is 1. The van der Waals surface area contributed by atoms with Crippen molar-refractivity contribution in [1.29, 1.82) is 0 Å². The van der Waals surface area contributed by atoms with Gasteiger partial charge in [-0.15, -0.1) is 0 Å². The summed E-state index contributed by atoms with van der Waals surface area (Å²) in [6.07, 6.45) is 2.10. The first kappa shape index (κ1) is 16.5. The minimum Gasteiger partial charge on any atom is -0.481 e. The third-order valence-corrected chi connectivity index (χ3v) is 4.98. The molecule has 3 atom stereocenters. The third-order valence-electron chi connectivity index (χ3n) is 4.98. The molecule has 3 heteroatoms. The van der Waals surface area contributed by atoms with E-state index in [1.807, 2.05) is 0 Å². The SMILES string of the molecule is CC(C)(C)[C@@H]1C[C@@](CN)(CC(=O)O)C[C@@H]1C(C)(C)C. The van der Waals surface area contributed by atoms with Crippen molar-refractivity contribution in [2.75, 3.05) is 6.54 Å². The largest absolute Gasteiger partial charge is 0.481 e. The zero-order chi connectivity index (χ0) is 15.1. The molecule has 112 valence electrons. The molecule has 1 fully saturated rings. The second-order valence-corrected chi connectivity index (χ2v) is 8.63. The summed E-state index contributed by atoms with van der Waals surface area (Å²) in [6, 6.07) is 0. The second kappa shape index (κ2) is 5.08. The van der Waals surface area contributed by atoms with Crippen LogP contribution in [-0.2, 0) is 4.79 Å². The highest BCUT2D eigenvalue weighted by atomic mass is 16.4. The molecule has 0 amide bonds. The summed E-state index contributed by atoms with van der Waals surface area (Å²) in [5, 5.41) is 9.19. The average Bonchev–Trinajstić information content (AvgIpc) is 2.56. The summed E-state index contributed by atoms with van der Waals surface area (Å²) >= 11 is 0. The fourth-order valence-corrected chi connectivity index (χ4v) is 3.82. The molecule has 0 radical (unpaired) electrons. The van der Waals surface area contributed by atoms with Crippen molar-refractivity contribution in [3.05, 3.63) is 0 Å². The summed E-state index contributed by atoms with van der Waals surface area (Å²) in [4.78, 5) is 11.2. The first-order chi connectivity index (χ1) is 8.41. The lowest BCUT2D eigenvalue weighted by molar-refractivity contribution is -0.139. The van der Waals surface area contributed by atoms with E-state index in [1.165, 1.54) is 0 Å². The van der Waals surface area contributed by atoms with E-state index in [4.69, 9.17) is 5.73 Å². The molecule has 0 saturated heterocycles. The number of hydrogen-bond donors (Lipinski definition) is 2. The van der Waals surface area contributed by atoms with Crippen LogP contribution in [0.1, 0.15) is 60.8 Å². The smallest absolute Gasteiger partial charge is 0.303 e. The predicted octanol–water partition coefficient (Wildman–Crippen LogP) is 3.52. The first-order valence-corrected chi connectivity index (χ1v) is 7.33. The average molecular weight is 269 g/mol. The zero-order valence-electron chi connectivity index (χ0n) is 13.4. The lowest BCUT2D eigenvalue weighted by atomic mass is 9.66. The van der Waals surface area contributed by atoms with Crippen molar-refractivity contribution in [3.8, 4) is 0 Å². The monoisotopic (exact) mass is 269 g/mol. The van der Waals surface area contributed by atoms with Crippen LogP contribution in [0.5, 0.6) is 0 Å². The van der Waals surface area contributed by atoms with E-state index >= 15 is 0 Å². The highest BCUT2D eigenvalue weighted by molar-refractivity contribution is 5.67. The molecule has 19 heavy (non-hydrogen) atoms. The highest BCUT2D eigenvalue weighted by Crippen LogP contribution is 2.58. The maximum Gasteiger partial charge on any atom is 0.303 e.